The van der Waals surface area contributed by atoms with Crippen molar-refractivity contribution < 1.29 is 9.59 Å². The van der Waals surface area contributed by atoms with Crippen LogP contribution in [0.2, 0.25) is 0 Å². The maximum atomic E-state index is 13.8. The number of likely N-dealkylation sites (tertiary alicyclic amines) is 1. The van der Waals surface area contributed by atoms with Gasteiger partial charge in [-0.2, -0.15) is 16.4 Å². The van der Waals surface area contributed by atoms with E-state index in [0.717, 1.165) is 46.5 Å². The molecule has 0 aliphatic carbocycles. The molecule has 41 heavy (non-hydrogen) atoms. The number of carbonyl (C=O) groups is 2. The van der Waals surface area contributed by atoms with Gasteiger partial charge in [-0.05, 0) is 91.0 Å². The molecule has 5 heterocycles. The molecule has 1 aromatic carbocycles. The highest BCUT2D eigenvalue weighted by molar-refractivity contribution is 7.08. The van der Waals surface area contributed by atoms with Crippen LogP contribution in [-0.4, -0.2) is 69.5 Å². The number of nitrogens with one attached hydrogen (secondary N) is 2. The number of benzene rings is 1. The molecule has 2 amide bonds. The van der Waals surface area contributed by atoms with Gasteiger partial charge in [0.15, 0.2) is 0 Å². The van der Waals surface area contributed by atoms with Crippen molar-refractivity contribution in [3.8, 4) is 11.3 Å². The third-order valence-corrected chi connectivity index (χ3v) is 8.94. The number of aryl methyl sites for hydroxylation is 1. The van der Waals surface area contributed by atoms with Gasteiger partial charge in [-0.15, -0.1) is 6.58 Å². The number of thiophene rings is 1. The van der Waals surface area contributed by atoms with Gasteiger partial charge in [0.25, 0.3) is 0 Å². The van der Waals surface area contributed by atoms with Crippen molar-refractivity contribution in [1.29, 1.82) is 0 Å². The van der Waals surface area contributed by atoms with Crippen molar-refractivity contribution in [2.45, 2.75) is 26.2 Å². The van der Waals surface area contributed by atoms with Crippen molar-refractivity contribution in [3.63, 3.8) is 0 Å². The van der Waals surface area contributed by atoms with Crippen molar-refractivity contribution in [1.82, 2.24) is 25.0 Å². The number of H-pyrrole nitrogens is 1. The van der Waals surface area contributed by atoms with Crippen molar-refractivity contribution in [3.05, 3.63) is 83.3 Å². The topological polar surface area (TPSA) is 94.2 Å². The summed E-state index contributed by atoms with van der Waals surface area (Å²) < 4.78 is 0. The van der Waals surface area contributed by atoms with Crippen LogP contribution in [0, 0.1) is 12.3 Å². The molecule has 1 atom stereocenters. The molecule has 0 saturated carbocycles. The Labute approximate surface area is 243 Å². The second-order valence-electron chi connectivity index (χ2n) is 11.0. The lowest BCUT2D eigenvalue weighted by Crippen LogP contribution is -2.43. The average Bonchev–Trinajstić information content (AvgIpc) is 3.74. The Hall–Kier alpha value is -4.08. The molecule has 3 aromatic heterocycles. The predicted molar refractivity (Wildman–Crippen MR) is 164 cm³/mol. The molecule has 6 rings (SSSR count). The fourth-order valence-corrected chi connectivity index (χ4v) is 6.66. The number of nitrogens with zero attached hydrogens (tertiary/aromatic N) is 4. The molecule has 4 aromatic rings. The lowest BCUT2D eigenvalue weighted by Gasteiger charge is -2.30. The number of hydrogen-bond acceptors (Lipinski definition) is 6. The zero-order valence-corrected chi connectivity index (χ0v) is 24.0. The number of aromatic nitrogens is 3. The molecule has 2 N–H and O–H groups in total. The van der Waals surface area contributed by atoms with Crippen LogP contribution in [0.4, 0.5) is 5.69 Å². The smallest absolute Gasteiger partial charge is 0.237 e. The number of fused-ring (bicyclic) bond motifs is 1. The van der Waals surface area contributed by atoms with Crippen LogP contribution in [0.25, 0.3) is 27.7 Å². The number of rotatable bonds is 8. The van der Waals surface area contributed by atoms with Gasteiger partial charge in [0.05, 0.1) is 17.5 Å². The number of allylic oxidation sites excluding steroid dienone is 1. The molecule has 9 heteroatoms. The normalized spacial score (nSPS) is 19.3. The second-order valence-corrected chi connectivity index (χ2v) is 11.8. The number of amides is 2. The molecule has 1 unspecified atom stereocenters. The molecule has 2 aliphatic rings. The third kappa shape index (κ3) is 5.60. The fraction of sp³-hybridized carbons (Fsp3) is 0.312. The molecular formula is C32H34N6O2S. The largest absolute Gasteiger partial charge is 0.338 e. The summed E-state index contributed by atoms with van der Waals surface area (Å²) in [6, 6.07) is 11.9. The van der Waals surface area contributed by atoms with E-state index in [1.165, 1.54) is 11.1 Å². The van der Waals surface area contributed by atoms with E-state index in [-0.39, 0.29) is 11.8 Å². The summed E-state index contributed by atoms with van der Waals surface area (Å²) >= 11 is 1.69. The van der Waals surface area contributed by atoms with Gasteiger partial charge in [0.1, 0.15) is 5.69 Å². The quantitative estimate of drug-likeness (QED) is 0.274. The highest BCUT2D eigenvalue weighted by atomic mass is 32.1. The standard InChI is InChI=1S/C32H34N6O2S/c1-3-10-32(11-15-37(21-32)19-29(39)38-13-7-23(8-14-38)25-9-16-41-20-25)31(40)34-26-4-5-28-27(18-26)30(36-35-28)24-6-12-33-22(2)17-24/h3-7,9,12,16-18,20H,1,8,10-11,13-15,19,21H2,2H3,(H,34,40)(H,35,36). The van der Waals surface area contributed by atoms with E-state index >= 15 is 0 Å². The van der Waals surface area contributed by atoms with Crippen LogP contribution in [0.5, 0.6) is 0 Å². The van der Waals surface area contributed by atoms with Gasteiger partial charge in [-0.25, -0.2) is 0 Å². The predicted octanol–water partition coefficient (Wildman–Crippen LogP) is 5.52. The summed E-state index contributed by atoms with van der Waals surface area (Å²) in [7, 11) is 0. The molecule has 8 nitrogen and oxygen atoms in total. The van der Waals surface area contributed by atoms with E-state index < -0.39 is 5.41 Å². The Morgan fingerprint density at radius 3 is 2.85 bits per heavy atom. The van der Waals surface area contributed by atoms with Crippen LogP contribution < -0.4 is 5.32 Å². The SMILES string of the molecule is C=CCC1(C(=O)Nc2ccc3[nH]nc(-c4ccnc(C)c4)c3c2)CCN(CC(=O)N2CC=C(c3ccsc3)CC2)C1. The van der Waals surface area contributed by atoms with E-state index in [4.69, 9.17) is 0 Å². The van der Waals surface area contributed by atoms with Crippen LogP contribution in [0.15, 0.2) is 72.1 Å². The van der Waals surface area contributed by atoms with Crippen molar-refractivity contribution in [2.24, 2.45) is 5.41 Å². The van der Waals surface area contributed by atoms with Crippen molar-refractivity contribution in [2.75, 3.05) is 38.0 Å². The Balaban J connectivity index is 1.13. The lowest BCUT2D eigenvalue weighted by atomic mass is 9.82. The van der Waals surface area contributed by atoms with Gasteiger partial charge in [-0.1, -0.05) is 12.2 Å². The van der Waals surface area contributed by atoms with Gasteiger partial charge in [0.2, 0.25) is 11.8 Å². The van der Waals surface area contributed by atoms with Crippen LogP contribution in [0.3, 0.4) is 0 Å². The fourth-order valence-electron chi connectivity index (χ4n) is 5.98. The van der Waals surface area contributed by atoms with E-state index in [1.807, 2.05) is 48.2 Å². The van der Waals surface area contributed by atoms with Gasteiger partial charge in [0, 0.05) is 48.2 Å². The minimum absolute atomic E-state index is 0.0437. The summed E-state index contributed by atoms with van der Waals surface area (Å²) in [5.74, 6) is 0.0718. The van der Waals surface area contributed by atoms with Gasteiger partial charge in [-0.3, -0.25) is 24.6 Å². The first kappa shape index (κ1) is 27.1. The van der Waals surface area contributed by atoms with Crippen LogP contribution >= 0.6 is 11.3 Å². The third-order valence-electron chi connectivity index (χ3n) is 8.25. The lowest BCUT2D eigenvalue weighted by molar-refractivity contribution is -0.132. The zero-order valence-electron chi connectivity index (χ0n) is 23.2. The number of carbonyl (C=O) groups excluding carboxylic acids is 2. The Kier molecular flexibility index (Phi) is 7.55. The highest BCUT2D eigenvalue weighted by Crippen LogP contribution is 2.37. The minimum atomic E-state index is -0.633. The molecule has 1 fully saturated rings. The summed E-state index contributed by atoms with van der Waals surface area (Å²) in [6.07, 6.45) is 7.85. The summed E-state index contributed by atoms with van der Waals surface area (Å²) in [4.78, 5) is 35.3. The Morgan fingerprint density at radius 1 is 1.20 bits per heavy atom. The molecule has 0 spiro atoms. The Morgan fingerprint density at radius 2 is 2.10 bits per heavy atom. The summed E-state index contributed by atoms with van der Waals surface area (Å²) in [5.41, 5.74) is 6.27. The molecule has 0 bridgehead atoms. The summed E-state index contributed by atoms with van der Waals surface area (Å²) in [6.45, 7) is 8.79. The molecule has 2 aliphatic heterocycles. The number of anilines is 1. The molecular weight excluding hydrogens is 532 g/mol. The average molecular weight is 567 g/mol. The molecule has 1 saturated heterocycles. The van der Waals surface area contributed by atoms with E-state index in [2.05, 4.69) is 54.9 Å². The van der Waals surface area contributed by atoms with E-state index in [1.54, 1.807) is 17.5 Å². The number of hydrogen-bond donors (Lipinski definition) is 2. The Bertz CT molecular complexity index is 1620. The van der Waals surface area contributed by atoms with E-state index in [0.29, 0.717) is 39.0 Å². The maximum Gasteiger partial charge on any atom is 0.237 e. The van der Waals surface area contributed by atoms with Gasteiger partial charge < -0.3 is 10.2 Å². The van der Waals surface area contributed by atoms with E-state index in [9.17, 15) is 9.59 Å². The zero-order chi connectivity index (χ0) is 28.4. The molecule has 0 radical (unpaired) electrons. The number of aromatic amines is 1. The first-order valence-electron chi connectivity index (χ1n) is 14.0. The highest BCUT2D eigenvalue weighted by Gasteiger charge is 2.44. The first-order chi connectivity index (χ1) is 19.9. The second kappa shape index (κ2) is 11.4. The van der Waals surface area contributed by atoms with Crippen molar-refractivity contribution >= 4 is 45.3 Å². The number of pyridine rings is 1. The van der Waals surface area contributed by atoms with Gasteiger partial charge >= 0.3 is 0 Å². The van der Waals surface area contributed by atoms with Crippen LogP contribution in [-0.2, 0) is 9.59 Å². The monoisotopic (exact) mass is 566 g/mol. The first-order valence-corrected chi connectivity index (χ1v) is 14.9. The summed E-state index contributed by atoms with van der Waals surface area (Å²) in [5, 5.41) is 15.9. The van der Waals surface area contributed by atoms with Crippen LogP contribution in [0.1, 0.15) is 30.5 Å². The minimum Gasteiger partial charge on any atom is -0.338 e. The maximum absolute atomic E-state index is 13.8. The molecule has 210 valence electrons.